The summed E-state index contributed by atoms with van der Waals surface area (Å²) >= 11 is 0. The van der Waals surface area contributed by atoms with Gasteiger partial charge < -0.3 is 9.42 Å². The van der Waals surface area contributed by atoms with Gasteiger partial charge in [0, 0.05) is 31.1 Å². The zero-order valence-corrected chi connectivity index (χ0v) is 13.1. The zero-order valence-electron chi connectivity index (χ0n) is 13.1. The first-order chi connectivity index (χ1) is 11.6. The molecule has 0 aliphatic carbocycles. The Labute approximate surface area is 137 Å². The number of hydrogen-bond acceptors (Lipinski definition) is 4. The van der Waals surface area contributed by atoms with Gasteiger partial charge in [-0.05, 0) is 30.3 Å². The lowest BCUT2D eigenvalue weighted by molar-refractivity contribution is 0.0717. The molecule has 2 aromatic heterocycles. The summed E-state index contributed by atoms with van der Waals surface area (Å²) in [5.41, 5.74) is 2.85. The van der Waals surface area contributed by atoms with Crippen molar-refractivity contribution in [3.05, 3.63) is 59.4 Å². The van der Waals surface area contributed by atoms with Crippen LogP contribution in [0.5, 0.6) is 0 Å². The number of aromatic nitrogens is 3. The van der Waals surface area contributed by atoms with Crippen LogP contribution in [-0.4, -0.2) is 32.3 Å². The Balaban J connectivity index is 1.60. The van der Waals surface area contributed by atoms with Crippen LogP contribution >= 0.6 is 0 Å². The molecule has 3 aromatic rings. The Morgan fingerprint density at radius 1 is 1.29 bits per heavy atom. The van der Waals surface area contributed by atoms with E-state index in [1.807, 2.05) is 0 Å². The molecule has 1 aromatic carbocycles. The molecule has 0 unspecified atom stereocenters. The predicted octanol–water partition coefficient (Wildman–Crippen LogP) is 2.41. The summed E-state index contributed by atoms with van der Waals surface area (Å²) in [7, 11) is 1.73. The largest absolute Gasteiger partial charge is 0.361 e. The lowest BCUT2D eigenvalue weighted by atomic mass is 10.1. The maximum Gasteiger partial charge on any atom is 0.272 e. The van der Waals surface area contributed by atoms with Crippen molar-refractivity contribution in [2.75, 3.05) is 6.54 Å². The van der Waals surface area contributed by atoms with Crippen LogP contribution in [-0.2, 0) is 20.0 Å². The Hall–Kier alpha value is -2.96. The van der Waals surface area contributed by atoms with Crippen LogP contribution in [0.25, 0.3) is 11.3 Å². The van der Waals surface area contributed by atoms with Crippen LogP contribution in [0, 0.1) is 5.82 Å². The molecule has 0 saturated carbocycles. The SMILES string of the molecule is Cn1nc(-c2ccc(F)cc2)cc1C(=O)N1CCc2oncc2C1. The molecule has 0 N–H and O–H groups in total. The van der Waals surface area contributed by atoms with Gasteiger partial charge in [-0.15, -0.1) is 0 Å². The number of benzene rings is 1. The van der Waals surface area contributed by atoms with Crippen molar-refractivity contribution >= 4 is 5.91 Å². The first kappa shape index (κ1) is 14.6. The highest BCUT2D eigenvalue weighted by molar-refractivity contribution is 5.93. The van der Waals surface area contributed by atoms with Crippen LogP contribution in [0.3, 0.4) is 0 Å². The van der Waals surface area contributed by atoms with Crippen molar-refractivity contribution in [3.63, 3.8) is 0 Å². The number of fused-ring (bicyclic) bond motifs is 1. The van der Waals surface area contributed by atoms with Gasteiger partial charge in [-0.25, -0.2) is 4.39 Å². The van der Waals surface area contributed by atoms with E-state index in [9.17, 15) is 9.18 Å². The van der Waals surface area contributed by atoms with Crippen molar-refractivity contribution < 1.29 is 13.7 Å². The lowest BCUT2D eigenvalue weighted by Crippen LogP contribution is -2.36. The molecule has 7 heteroatoms. The molecule has 0 saturated heterocycles. The van der Waals surface area contributed by atoms with Gasteiger partial charge in [-0.2, -0.15) is 5.10 Å². The second-order valence-corrected chi connectivity index (χ2v) is 5.80. The van der Waals surface area contributed by atoms with Crippen LogP contribution in [0.1, 0.15) is 21.8 Å². The van der Waals surface area contributed by atoms with Gasteiger partial charge >= 0.3 is 0 Å². The summed E-state index contributed by atoms with van der Waals surface area (Å²) in [4.78, 5) is 14.6. The second kappa shape index (κ2) is 5.59. The van der Waals surface area contributed by atoms with Gasteiger partial charge in [-0.1, -0.05) is 5.16 Å². The molecule has 1 aliphatic rings. The maximum atomic E-state index is 13.1. The predicted molar refractivity (Wildman–Crippen MR) is 83.5 cm³/mol. The molecular weight excluding hydrogens is 311 g/mol. The van der Waals surface area contributed by atoms with Crippen LogP contribution in [0.4, 0.5) is 4.39 Å². The van der Waals surface area contributed by atoms with Gasteiger partial charge in [0.1, 0.15) is 17.3 Å². The molecular formula is C17H15FN4O2. The smallest absolute Gasteiger partial charge is 0.272 e. The van der Waals surface area contributed by atoms with E-state index in [0.29, 0.717) is 30.9 Å². The van der Waals surface area contributed by atoms with E-state index in [1.54, 1.807) is 41.0 Å². The third kappa shape index (κ3) is 2.47. The fourth-order valence-corrected chi connectivity index (χ4v) is 2.91. The fraction of sp³-hybridized carbons (Fsp3) is 0.235. The van der Waals surface area contributed by atoms with E-state index in [0.717, 1.165) is 16.9 Å². The van der Waals surface area contributed by atoms with E-state index in [4.69, 9.17) is 4.52 Å². The topological polar surface area (TPSA) is 64.2 Å². The number of amides is 1. The van der Waals surface area contributed by atoms with E-state index in [1.165, 1.54) is 12.1 Å². The van der Waals surface area contributed by atoms with Crippen molar-refractivity contribution in [1.29, 1.82) is 0 Å². The van der Waals surface area contributed by atoms with Gasteiger partial charge in [0.05, 0.1) is 18.4 Å². The molecule has 122 valence electrons. The minimum Gasteiger partial charge on any atom is -0.361 e. The summed E-state index contributed by atoms with van der Waals surface area (Å²) in [5, 5.41) is 8.15. The summed E-state index contributed by atoms with van der Waals surface area (Å²) in [6, 6.07) is 7.79. The standard InChI is InChI=1S/C17H15FN4O2/c1-21-15(8-14(20-21)11-2-4-13(18)5-3-11)17(23)22-7-6-16-12(10-22)9-19-24-16/h2-5,8-9H,6-7,10H2,1H3. The molecule has 24 heavy (non-hydrogen) atoms. The van der Waals surface area contributed by atoms with E-state index in [2.05, 4.69) is 10.3 Å². The molecule has 6 nitrogen and oxygen atoms in total. The molecule has 0 spiro atoms. The molecule has 0 radical (unpaired) electrons. The molecule has 0 atom stereocenters. The number of halogens is 1. The zero-order chi connectivity index (χ0) is 16.7. The average Bonchev–Trinajstić information content (AvgIpc) is 3.20. The third-order valence-corrected chi connectivity index (χ3v) is 4.23. The first-order valence-electron chi connectivity index (χ1n) is 7.63. The number of hydrogen-bond donors (Lipinski definition) is 0. The van der Waals surface area contributed by atoms with Crippen LogP contribution < -0.4 is 0 Å². The third-order valence-electron chi connectivity index (χ3n) is 4.23. The highest BCUT2D eigenvalue weighted by atomic mass is 19.1. The first-order valence-corrected chi connectivity index (χ1v) is 7.63. The van der Waals surface area contributed by atoms with E-state index < -0.39 is 0 Å². The van der Waals surface area contributed by atoms with Crippen LogP contribution in [0.2, 0.25) is 0 Å². The Morgan fingerprint density at radius 2 is 2.08 bits per heavy atom. The van der Waals surface area contributed by atoms with Gasteiger partial charge in [0.25, 0.3) is 5.91 Å². The normalized spacial score (nSPS) is 13.8. The van der Waals surface area contributed by atoms with Gasteiger partial charge in [-0.3, -0.25) is 9.48 Å². The van der Waals surface area contributed by atoms with Crippen molar-refractivity contribution in [1.82, 2.24) is 19.8 Å². The van der Waals surface area contributed by atoms with Crippen molar-refractivity contribution in [2.45, 2.75) is 13.0 Å². The summed E-state index contributed by atoms with van der Waals surface area (Å²) in [6.07, 6.45) is 2.31. The second-order valence-electron chi connectivity index (χ2n) is 5.80. The minimum atomic E-state index is -0.302. The molecule has 1 aliphatic heterocycles. The van der Waals surface area contributed by atoms with Crippen molar-refractivity contribution in [3.8, 4) is 11.3 Å². The number of nitrogens with zero attached hydrogens (tertiary/aromatic N) is 4. The molecule has 0 fully saturated rings. The lowest BCUT2D eigenvalue weighted by Gasteiger charge is -2.25. The highest BCUT2D eigenvalue weighted by Gasteiger charge is 2.26. The number of carbonyl (C=O) groups excluding carboxylic acids is 1. The number of carbonyl (C=O) groups is 1. The minimum absolute atomic E-state index is 0.0924. The molecule has 1 amide bonds. The summed E-state index contributed by atoms with van der Waals surface area (Å²) in [5.74, 6) is 0.449. The highest BCUT2D eigenvalue weighted by Crippen LogP contribution is 2.23. The van der Waals surface area contributed by atoms with Gasteiger partial charge in [0.2, 0.25) is 0 Å². The average molecular weight is 326 g/mol. The molecule has 0 bridgehead atoms. The van der Waals surface area contributed by atoms with Crippen molar-refractivity contribution in [2.24, 2.45) is 7.05 Å². The Morgan fingerprint density at radius 3 is 2.88 bits per heavy atom. The van der Waals surface area contributed by atoms with E-state index >= 15 is 0 Å². The van der Waals surface area contributed by atoms with E-state index in [-0.39, 0.29) is 11.7 Å². The Kier molecular flexibility index (Phi) is 3.41. The quantitative estimate of drug-likeness (QED) is 0.725. The molecule has 4 rings (SSSR count). The van der Waals surface area contributed by atoms with Crippen LogP contribution in [0.15, 0.2) is 41.1 Å². The maximum absolute atomic E-state index is 13.1. The summed E-state index contributed by atoms with van der Waals surface area (Å²) < 4.78 is 19.8. The monoisotopic (exact) mass is 326 g/mol. The summed E-state index contributed by atoms with van der Waals surface area (Å²) in [6.45, 7) is 1.06. The fourth-order valence-electron chi connectivity index (χ4n) is 2.91. The Bertz CT molecular complexity index is 898. The number of aryl methyl sites for hydroxylation is 1. The molecule has 3 heterocycles. The number of rotatable bonds is 2. The van der Waals surface area contributed by atoms with Gasteiger partial charge in [0.15, 0.2) is 0 Å².